The van der Waals surface area contributed by atoms with Crippen LogP contribution in [0.25, 0.3) is 0 Å². The van der Waals surface area contributed by atoms with Gasteiger partial charge in [-0.3, -0.25) is 0 Å². The molecule has 0 unspecified atom stereocenters. The Labute approximate surface area is 98.1 Å². The van der Waals surface area contributed by atoms with E-state index in [9.17, 15) is 0 Å². The van der Waals surface area contributed by atoms with Crippen molar-refractivity contribution < 1.29 is 0 Å². The Morgan fingerprint density at radius 1 is 1.40 bits per heavy atom. The van der Waals surface area contributed by atoms with Gasteiger partial charge < -0.3 is 10.3 Å². The zero-order chi connectivity index (χ0) is 10.8. The first-order chi connectivity index (χ1) is 7.24. The summed E-state index contributed by atoms with van der Waals surface area (Å²) >= 11 is 6.58. The fourth-order valence-corrected chi connectivity index (χ4v) is 3.43. The molecule has 15 heavy (non-hydrogen) atoms. The van der Waals surface area contributed by atoms with Gasteiger partial charge in [-0.1, -0.05) is 30.6 Å². The number of rotatable bonds is 1. The van der Waals surface area contributed by atoms with Crippen LogP contribution in [0.3, 0.4) is 0 Å². The molecule has 1 aromatic heterocycles. The number of thiazole rings is 1. The van der Waals surface area contributed by atoms with E-state index in [0.717, 1.165) is 16.8 Å². The summed E-state index contributed by atoms with van der Waals surface area (Å²) in [7, 11) is 0. The number of anilines is 1. The van der Waals surface area contributed by atoms with Crippen molar-refractivity contribution in [2.75, 3.05) is 5.73 Å². The molecule has 2 N–H and O–H groups in total. The molecule has 1 heterocycles. The second-order valence-electron chi connectivity index (χ2n) is 3.86. The van der Waals surface area contributed by atoms with Crippen molar-refractivity contribution in [2.24, 2.45) is 0 Å². The molecule has 0 amide bonds. The van der Waals surface area contributed by atoms with E-state index in [1.807, 2.05) is 4.57 Å². The van der Waals surface area contributed by atoms with Gasteiger partial charge in [-0.05, 0) is 25.1 Å². The van der Waals surface area contributed by atoms with Crippen LogP contribution in [0.4, 0.5) is 5.82 Å². The molecule has 1 aromatic rings. The second-order valence-corrected chi connectivity index (χ2v) is 5.50. The molecule has 0 bridgehead atoms. The van der Waals surface area contributed by atoms with Crippen LogP contribution in [-0.4, -0.2) is 4.57 Å². The van der Waals surface area contributed by atoms with E-state index < -0.39 is 0 Å². The van der Waals surface area contributed by atoms with E-state index in [2.05, 4.69) is 6.07 Å². The third kappa shape index (κ3) is 1.92. The molecular weight excluding hydrogens is 226 g/mol. The number of nitriles is 1. The zero-order valence-electron chi connectivity index (χ0n) is 8.40. The van der Waals surface area contributed by atoms with Gasteiger partial charge in [0.05, 0.1) is 0 Å². The molecule has 3 nitrogen and oxygen atoms in total. The minimum atomic E-state index is 0.421. The van der Waals surface area contributed by atoms with Crippen molar-refractivity contribution in [3.63, 3.8) is 0 Å². The Morgan fingerprint density at radius 2 is 2.07 bits per heavy atom. The van der Waals surface area contributed by atoms with Crippen LogP contribution in [-0.2, 0) is 0 Å². The van der Waals surface area contributed by atoms with E-state index in [-0.39, 0.29) is 0 Å². The van der Waals surface area contributed by atoms with E-state index >= 15 is 0 Å². The van der Waals surface area contributed by atoms with Crippen LogP contribution < -0.4 is 5.73 Å². The number of nitrogens with zero attached hydrogens (tertiary/aromatic N) is 2. The summed E-state index contributed by atoms with van der Waals surface area (Å²) in [6.07, 6.45) is 6.06. The fraction of sp³-hybridized carbons (Fsp3) is 0.600. The standard InChI is InChI=1S/C10H13N3S2/c11-6-8-9(12)13(10(14)15-8)7-4-2-1-3-5-7/h7H,1-5,12H2. The smallest absolute Gasteiger partial charge is 0.164 e. The molecule has 0 spiro atoms. The van der Waals surface area contributed by atoms with Gasteiger partial charge >= 0.3 is 0 Å². The van der Waals surface area contributed by atoms with Gasteiger partial charge in [-0.2, -0.15) is 5.26 Å². The third-order valence-corrected chi connectivity index (χ3v) is 4.24. The Bertz CT molecular complexity index is 446. The molecule has 0 aliphatic heterocycles. The quantitative estimate of drug-likeness (QED) is 0.765. The fourth-order valence-electron chi connectivity index (χ4n) is 2.16. The van der Waals surface area contributed by atoms with Gasteiger partial charge in [0.15, 0.2) is 3.95 Å². The molecule has 2 rings (SSSR count). The first kappa shape index (κ1) is 10.7. The van der Waals surface area contributed by atoms with E-state index in [1.165, 1.54) is 30.6 Å². The Hall–Kier alpha value is -0.860. The highest BCUT2D eigenvalue weighted by atomic mass is 32.1. The minimum Gasteiger partial charge on any atom is -0.383 e. The Kier molecular flexibility index (Phi) is 3.08. The lowest BCUT2D eigenvalue weighted by Crippen LogP contribution is -2.15. The second kappa shape index (κ2) is 4.33. The SMILES string of the molecule is N#Cc1sc(=S)n(C2CCCCC2)c1N. The van der Waals surface area contributed by atoms with Crippen LogP contribution in [0.2, 0.25) is 0 Å². The van der Waals surface area contributed by atoms with Crippen molar-refractivity contribution in [3.8, 4) is 6.07 Å². The molecule has 1 aliphatic rings. The van der Waals surface area contributed by atoms with Crippen molar-refractivity contribution in [1.29, 1.82) is 5.26 Å². The summed E-state index contributed by atoms with van der Waals surface area (Å²) in [5.74, 6) is 0.569. The van der Waals surface area contributed by atoms with Crippen molar-refractivity contribution in [1.82, 2.24) is 4.57 Å². The first-order valence-electron chi connectivity index (χ1n) is 5.15. The van der Waals surface area contributed by atoms with Gasteiger partial charge in [0.2, 0.25) is 0 Å². The topological polar surface area (TPSA) is 54.7 Å². The minimum absolute atomic E-state index is 0.421. The molecule has 1 aliphatic carbocycles. The monoisotopic (exact) mass is 239 g/mol. The molecule has 0 aromatic carbocycles. The predicted octanol–water partition coefficient (Wildman–Crippen LogP) is 3.24. The summed E-state index contributed by atoms with van der Waals surface area (Å²) in [6, 6.07) is 2.52. The summed E-state index contributed by atoms with van der Waals surface area (Å²) in [5, 5.41) is 8.88. The normalized spacial score (nSPS) is 17.5. The van der Waals surface area contributed by atoms with Crippen LogP contribution in [0, 0.1) is 15.3 Å². The highest BCUT2D eigenvalue weighted by molar-refractivity contribution is 7.73. The molecule has 0 saturated heterocycles. The molecule has 5 heteroatoms. The van der Waals surface area contributed by atoms with Crippen LogP contribution in [0.5, 0.6) is 0 Å². The van der Waals surface area contributed by atoms with E-state index in [4.69, 9.17) is 23.2 Å². The maximum atomic E-state index is 8.88. The van der Waals surface area contributed by atoms with Gasteiger partial charge in [-0.25, -0.2) is 0 Å². The molecule has 0 atom stereocenters. The average Bonchev–Trinajstić information content (AvgIpc) is 2.55. The Balaban J connectivity index is 2.39. The lowest BCUT2D eigenvalue weighted by Gasteiger charge is -2.23. The average molecular weight is 239 g/mol. The number of hydrogen-bond donors (Lipinski definition) is 1. The van der Waals surface area contributed by atoms with Crippen molar-refractivity contribution >= 4 is 29.4 Å². The van der Waals surface area contributed by atoms with E-state index in [1.54, 1.807) is 0 Å². The van der Waals surface area contributed by atoms with Gasteiger partial charge in [0.25, 0.3) is 0 Å². The molecule has 80 valence electrons. The maximum absolute atomic E-state index is 8.88. The number of nitrogen functional groups attached to an aromatic ring is 1. The molecule has 0 radical (unpaired) electrons. The lowest BCUT2D eigenvalue weighted by atomic mass is 9.95. The summed E-state index contributed by atoms with van der Waals surface area (Å²) in [6.45, 7) is 0. The number of hydrogen-bond acceptors (Lipinski definition) is 4. The van der Waals surface area contributed by atoms with Crippen molar-refractivity contribution in [3.05, 3.63) is 8.83 Å². The van der Waals surface area contributed by atoms with E-state index in [0.29, 0.717) is 16.7 Å². The highest BCUT2D eigenvalue weighted by Crippen LogP contribution is 2.33. The van der Waals surface area contributed by atoms with Gasteiger partial charge in [0.1, 0.15) is 16.8 Å². The lowest BCUT2D eigenvalue weighted by molar-refractivity contribution is 0.356. The highest BCUT2D eigenvalue weighted by Gasteiger charge is 2.20. The maximum Gasteiger partial charge on any atom is 0.164 e. The van der Waals surface area contributed by atoms with Crippen LogP contribution in [0.1, 0.15) is 43.0 Å². The number of aromatic nitrogens is 1. The summed E-state index contributed by atoms with van der Waals surface area (Å²) in [4.78, 5) is 0.561. The molecule has 1 fully saturated rings. The summed E-state index contributed by atoms with van der Waals surface area (Å²) < 4.78 is 2.73. The number of nitrogens with two attached hydrogens (primary N) is 1. The van der Waals surface area contributed by atoms with Crippen molar-refractivity contribution in [2.45, 2.75) is 38.1 Å². The third-order valence-electron chi connectivity index (χ3n) is 2.92. The molecule has 1 saturated carbocycles. The van der Waals surface area contributed by atoms with Crippen LogP contribution >= 0.6 is 23.6 Å². The predicted molar refractivity (Wildman–Crippen MR) is 64.4 cm³/mol. The van der Waals surface area contributed by atoms with Gasteiger partial charge in [0, 0.05) is 6.04 Å². The summed E-state index contributed by atoms with van der Waals surface area (Å²) in [5.41, 5.74) is 5.93. The zero-order valence-corrected chi connectivity index (χ0v) is 10.0. The van der Waals surface area contributed by atoms with Crippen LogP contribution in [0.15, 0.2) is 0 Å². The first-order valence-corrected chi connectivity index (χ1v) is 6.37. The Morgan fingerprint density at radius 3 is 2.60 bits per heavy atom. The molecular formula is C10H13N3S2. The van der Waals surface area contributed by atoms with Gasteiger partial charge in [-0.15, -0.1) is 0 Å². The largest absolute Gasteiger partial charge is 0.383 e.